The number of carbonyl (C=O) groups is 4. The number of halogens is 2. The Kier molecular flexibility index (Phi) is 15.6. The van der Waals surface area contributed by atoms with E-state index >= 15 is 0 Å². The van der Waals surface area contributed by atoms with Gasteiger partial charge in [-0.3, -0.25) is 18.4 Å². The predicted molar refractivity (Wildman–Crippen MR) is 249 cm³/mol. The van der Waals surface area contributed by atoms with Crippen molar-refractivity contribution in [1.29, 1.82) is 10.5 Å². The smallest absolute Gasteiger partial charge is 0.335 e. The Balaban J connectivity index is 1.54. The molecule has 22 nitrogen and oxygen atoms in total. The third kappa shape index (κ3) is 12.1. The number of pyridine rings is 1. The van der Waals surface area contributed by atoms with Crippen LogP contribution in [0.4, 0.5) is 50.1 Å². The Bertz CT molecular complexity index is 3390. The van der Waals surface area contributed by atoms with Crippen LogP contribution >= 0.6 is 34.5 Å². The van der Waals surface area contributed by atoms with Crippen molar-refractivity contribution in [1.82, 2.24) is 4.98 Å². The molecule has 1 atom stereocenters. The molecule has 7 N–H and O–H groups in total. The van der Waals surface area contributed by atoms with Crippen molar-refractivity contribution in [2.75, 3.05) is 16.0 Å². The number of aromatic nitrogens is 1. The number of carbonyl (C=O) groups excluding carboxylic acids is 1. The van der Waals surface area contributed by atoms with Crippen molar-refractivity contribution in [2.45, 2.75) is 29.6 Å². The fourth-order valence-corrected chi connectivity index (χ4v) is 8.80. The third-order valence-electron chi connectivity index (χ3n) is 9.26. The van der Waals surface area contributed by atoms with Crippen molar-refractivity contribution < 1.29 is 56.2 Å². The summed E-state index contributed by atoms with van der Waals surface area (Å²) in [6.07, 6.45) is -0.814. The van der Waals surface area contributed by atoms with Gasteiger partial charge in [0.2, 0.25) is 5.91 Å². The Hall–Kier alpha value is -8.01. The zero-order valence-electron chi connectivity index (χ0n) is 34.6. The van der Waals surface area contributed by atoms with Crippen molar-refractivity contribution in [3.05, 3.63) is 117 Å². The number of hydrogen-bond acceptors (Lipinski definition) is 18. The first-order valence-electron chi connectivity index (χ1n) is 19.0. The van der Waals surface area contributed by atoms with E-state index in [2.05, 4.69) is 41.4 Å². The number of benzene rings is 4. The summed E-state index contributed by atoms with van der Waals surface area (Å²) in [6, 6.07) is 20.3. The first-order valence-corrected chi connectivity index (χ1v) is 23.0. The Morgan fingerprint density at radius 2 is 1.41 bits per heavy atom. The number of thiophene rings is 1. The van der Waals surface area contributed by atoms with Gasteiger partial charge in [-0.25, -0.2) is 14.6 Å². The van der Waals surface area contributed by atoms with Crippen molar-refractivity contribution >= 4 is 130 Å². The molecule has 27 heteroatoms. The van der Waals surface area contributed by atoms with Gasteiger partial charge in [0.05, 0.1) is 38.8 Å². The monoisotopic (exact) mass is 1030 g/mol. The summed E-state index contributed by atoms with van der Waals surface area (Å²) < 4.78 is 57.8. The van der Waals surface area contributed by atoms with E-state index in [-0.39, 0.29) is 99.3 Å². The summed E-state index contributed by atoms with van der Waals surface area (Å²) in [5.41, 5.74) is -0.965. The maximum atomic E-state index is 12.6. The Morgan fingerprint density at radius 3 is 2.01 bits per heavy atom. The number of aliphatic carboxylic acids is 1. The van der Waals surface area contributed by atoms with E-state index in [1.165, 1.54) is 49.4 Å². The van der Waals surface area contributed by atoms with Crippen LogP contribution in [0.1, 0.15) is 50.2 Å². The van der Waals surface area contributed by atoms with Crippen LogP contribution in [0.25, 0.3) is 11.1 Å². The van der Waals surface area contributed by atoms with Crippen LogP contribution in [0.2, 0.25) is 10.0 Å². The maximum Gasteiger partial charge on any atom is 0.335 e. The minimum absolute atomic E-state index is 0.00415. The molecule has 0 aliphatic carbocycles. The van der Waals surface area contributed by atoms with E-state index in [1.807, 2.05) is 12.1 Å². The van der Waals surface area contributed by atoms with E-state index in [9.17, 15) is 61.6 Å². The van der Waals surface area contributed by atoms with Gasteiger partial charge in [0.15, 0.2) is 16.6 Å². The van der Waals surface area contributed by atoms with Crippen molar-refractivity contribution in [3.8, 4) is 23.3 Å². The fraction of sp³-hybridized carbons (Fsp3) is 0.0714. The summed E-state index contributed by atoms with van der Waals surface area (Å²) in [5, 5.41) is 74.1. The highest BCUT2D eigenvalue weighted by Gasteiger charge is 2.24. The lowest BCUT2D eigenvalue weighted by Gasteiger charge is -2.17. The van der Waals surface area contributed by atoms with Crippen molar-refractivity contribution in [3.63, 3.8) is 0 Å². The maximum absolute atomic E-state index is 12.6. The highest BCUT2D eigenvalue weighted by atomic mass is 35.5. The van der Waals surface area contributed by atoms with Crippen LogP contribution in [-0.4, -0.2) is 65.9 Å². The van der Waals surface area contributed by atoms with Crippen LogP contribution in [0, 0.1) is 29.6 Å². The van der Waals surface area contributed by atoms with Crippen LogP contribution in [0.3, 0.4) is 0 Å². The fourth-order valence-electron chi connectivity index (χ4n) is 6.12. The average molecular weight is 1030 g/mol. The van der Waals surface area contributed by atoms with Gasteiger partial charge in [0, 0.05) is 39.5 Å². The molecule has 6 rings (SSSR count). The molecule has 2 aromatic heterocycles. The van der Waals surface area contributed by atoms with Gasteiger partial charge in [0.1, 0.15) is 33.3 Å². The van der Waals surface area contributed by atoms with E-state index in [0.29, 0.717) is 0 Å². The number of azo groups is 2. The van der Waals surface area contributed by atoms with Gasteiger partial charge >= 0.3 is 17.9 Å². The van der Waals surface area contributed by atoms with E-state index < -0.39 is 67.5 Å². The number of carboxylic acids is 3. The highest BCUT2D eigenvalue weighted by molar-refractivity contribution is 7.86. The Morgan fingerprint density at radius 1 is 0.783 bits per heavy atom. The minimum Gasteiger partial charge on any atom is -0.768 e. The van der Waals surface area contributed by atoms with Crippen LogP contribution in [-0.2, 0) is 30.8 Å². The molecule has 0 radical (unpaired) electrons. The third-order valence-corrected chi connectivity index (χ3v) is 12.7. The van der Waals surface area contributed by atoms with Gasteiger partial charge in [-0.2, -0.15) is 18.9 Å². The number of aromatic carboxylic acids is 2. The molecule has 0 fully saturated rings. The van der Waals surface area contributed by atoms with Gasteiger partial charge in [-0.15, -0.1) is 20.5 Å². The highest BCUT2D eigenvalue weighted by Crippen LogP contribution is 2.49. The van der Waals surface area contributed by atoms with Gasteiger partial charge in [-0.05, 0) is 90.3 Å². The molecule has 0 bridgehead atoms. The predicted octanol–water partition coefficient (Wildman–Crippen LogP) is 10.2. The average Bonchev–Trinajstić information content (AvgIpc) is 3.65. The number of hydrogen-bond donors (Lipinski definition) is 7. The molecule has 6 aromatic rings. The number of amides is 1. The molecule has 1 amide bonds. The number of nitrogens with zero attached hydrogens (tertiary/aromatic N) is 7. The van der Waals surface area contributed by atoms with Crippen LogP contribution in [0.15, 0.2) is 109 Å². The molecule has 0 saturated heterocycles. The summed E-state index contributed by atoms with van der Waals surface area (Å²) in [5.74, 6) is -5.15. The molecule has 0 saturated carbocycles. The van der Waals surface area contributed by atoms with Gasteiger partial charge < -0.3 is 35.8 Å². The molecule has 4 aromatic carbocycles. The first kappa shape index (κ1) is 50.4. The molecule has 0 aliphatic rings. The molecule has 0 spiro atoms. The zero-order valence-corrected chi connectivity index (χ0v) is 38.5. The second-order valence-electron chi connectivity index (χ2n) is 13.9. The summed E-state index contributed by atoms with van der Waals surface area (Å²) in [6.45, 7) is 1.44. The number of carboxylic acid groups (broad SMARTS) is 3. The van der Waals surface area contributed by atoms with E-state index in [4.69, 9.17) is 28.3 Å². The lowest BCUT2D eigenvalue weighted by Crippen LogP contribution is -2.13. The molecule has 1 unspecified atom stereocenters. The number of rotatable bonds is 17. The lowest BCUT2D eigenvalue weighted by atomic mass is 10.0. The van der Waals surface area contributed by atoms with Crippen LogP contribution in [0.5, 0.6) is 0 Å². The lowest BCUT2D eigenvalue weighted by molar-refractivity contribution is -0.138. The van der Waals surface area contributed by atoms with Gasteiger partial charge in [0.25, 0.3) is 10.1 Å². The van der Waals surface area contributed by atoms with Gasteiger partial charge in [-0.1, -0.05) is 46.7 Å². The first-order chi connectivity index (χ1) is 32.7. The summed E-state index contributed by atoms with van der Waals surface area (Å²) in [7, 11) is -4.81. The number of anilines is 5. The summed E-state index contributed by atoms with van der Waals surface area (Å²) >= 11 is 10.0. The number of nitriles is 2. The van der Waals surface area contributed by atoms with Crippen molar-refractivity contribution in [2.24, 2.45) is 20.5 Å². The second kappa shape index (κ2) is 21.3. The van der Waals surface area contributed by atoms with E-state index in [0.717, 1.165) is 47.7 Å². The normalized spacial score (nSPS) is 11.8. The van der Waals surface area contributed by atoms with Crippen LogP contribution < -0.4 is 16.0 Å². The molecular formula is C42H27Cl2N10O12S3-. The minimum atomic E-state index is -4.81. The van der Waals surface area contributed by atoms with E-state index in [1.54, 1.807) is 0 Å². The quantitative estimate of drug-likeness (QED) is 0.0253. The number of nitrogens with one attached hydrogen (secondary N) is 3. The second-order valence-corrected chi connectivity index (χ2v) is 18.0. The molecular weight excluding hydrogens is 1000 g/mol. The molecule has 350 valence electrons. The largest absolute Gasteiger partial charge is 0.768 e. The summed E-state index contributed by atoms with van der Waals surface area (Å²) in [4.78, 5) is 50.8. The standard InChI is InChI=1S/C42H28Cl2N10O12S3/c1-19-27(17-45)37(48-25-6-8-30(44)32(16-25)69(64,65)66)50-38(49-24-5-7-29(43)31(15-24)68(62)63)36(19)52-53-39-28(18-46)35(20-3-2-4-23(12-20)47-33(55)9-10-34(56)57)40(67-39)54-51-26-13-21(41(58)59)11-22(14-26)42(60)61/h2-8,11-16H,9-10H2,1H3,(H,47,55)(H,56,57)(H,58,59)(H,60,61)(H,62,63)(H2,48,49,50)(H,64,65,66)/p-1. The molecule has 2 heterocycles. The Labute approximate surface area is 405 Å². The SMILES string of the molecule is Cc1c(C#N)c(Nc2ccc(Cl)c(S(=O)(=O)O)c2)nc(Nc2ccc(Cl)c(S(=O)[O-])c2)c1N=Nc1sc(N=Nc2cc(C(=O)O)cc(C(=O)O)c2)c(-c2cccc(NC(=O)CCC(=O)O)c2)c1C#N. The molecule has 0 aliphatic heterocycles. The zero-order chi connectivity index (χ0) is 50.3. The molecule has 69 heavy (non-hydrogen) atoms. The topological polar surface area (TPSA) is 369 Å².